The molecule has 1 aromatic heterocycles. The number of para-hydroxylation sites is 1. The first-order valence-corrected chi connectivity index (χ1v) is 10.4. The summed E-state index contributed by atoms with van der Waals surface area (Å²) in [6.07, 6.45) is 0.724. The normalized spacial score (nSPS) is 13.9. The third-order valence-electron chi connectivity index (χ3n) is 4.98. The van der Waals surface area contributed by atoms with Crippen molar-refractivity contribution in [2.75, 3.05) is 13.7 Å². The van der Waals surface area contributed by atoms with Gasteiger partial charge in [0.2, 0.25) is 0 Å². The average Bonchev–Trinajstić information content (AvgIpc) is 2.73. The van der Waals surface area contributed by atoms with E-state index >= 15 is 0 Å². The van der Waals surface area contributed by atoms with Gasteiger partial charge in [-0.2, -0.15) is 0 Å². The molecule has 0 radical (unpaired) electrons. The van der Waals surface area contributed by atoms with Crippen LogP contribution in [0.15, 0.2) is 58.5 Å². The third-order valence-corrected chi connectivity index (χ3v) is 5.92. The smallest absolute Gasteiger partial charge is 0.256 e. The molecule has 0 atom stereocenters. The number of aromatic nitrogens is 2. The zero-order chi connectivity index (χ0) is 20.2. The van der Waals surface area contributed by atoms with Crippen LogP contribution in [0.3, 0.4) is 0 Å². The number of benzene rings is 2. The van der Waals surface area contributed by atoms with Crippen LogP contribution in [0.25, 0.3) is 0 Å². The molecule has 0 bridgehead atoms. The second-order valence-corrected chi connectivity index (χ2v) is 7.95. The first-order valence-electron chi connectivity index (χ1n) is 9.46. The molecule has 1 aliphatic rings. The maximum absolute atomic E-state index is 13.3. The van der Waals surface area contributed by atoms with E-state index < -0.39 is 0 Å². The Kier molecular flexibility index (Phi) is 5.97. The molecule has 0 spiro atoms. The van der Waals surface area contributed by atoms with Crippen molar-refractivity contribution in [2.24, 2.45) is 0 Å². The quantitative estimate of drug-likeness (QED) is 0.494. The Hall–Kier alpha value is -2.64. The number of hydrogen-bond acceptors (Lipinski definition) is 5. The highest BCUT2D eigenvalue weighted by Gasteiger charge is 2.22. The standard InChI is InChI=1S/C22H22FN3O2S/c1-28-20-8-3-2-6-16(20)12-26-10-9-19-18(13-26)21(27)25-22(24-19)29-14-15-5-4-7-17(23)11-15/h2-8,11H,9-10,12-14H2,1H3,(H,24,25,27). The van der Waals surface area contributed by atoms with Gasteiger partial charge in [-0.05, 0) is 23.8 Å². The average molecular weight is 412 g/mol. The number of nitrogens with zero attached hydrogens (tertiary/aromatic N) is 2. The van der Waals surface area contributed by atoms with Gasteiger partial charge in [0.1, 0.15) is 11.6 Å². The highest BCUT2D eigenvalue weighted by molar-refractivity contribution is 7.98. The molecule has 5 nitrogen and oxygen atoms in total. The van der Waals surface area contributed by atoms with Crippen LogP contribution in [-0.2, 0) is 25.3 Å². The lowest BCUT2D eigenvalue weighted by molar-refractivity contribution is 0.237. The summed E-state index contributed by atoms with van der Waals surface area (Å²) in [4.78, 5) is 22.4. The van der Waals surface area contributed by atoms with Crippen molar-refractivity contribution in [3.05, 3.63) is 87.1 Å². The molecule has 0 saturated carbocycles. The van der Waals surface area contributed by atoms with E-state index in [9.17, 15) is 9.18 Å². The van der Waals surface area contributed by atoms with E-state index in [0.29, 0.717) is 17.5 Å². The van der Waals surface area contributed by atoms with E-state index in [-0.39, 0.29) is 11.4 Å². The fraction of sp³-hybridized carbons (Fsp3) is 0.273. The summed E-state index contributed by atoms with van der Waals surface area (Å²) < 4.78 is 18.8. The lowest BCUT2D eigenvalue weighted by Crippen LogP contribution is -2.35. The molecule has 0 unspecified atom stereocenters. The van der Waals surface area contributed by atoms with Crippen LogP contribution in [0, 0.1) is 5.82 Å². The van der Waals surface area contributed by atoms with Gasteiger partial charge in [-0.3, -0.25) is 9.69 Å². The first kappa shape index (κ1) is 19.7. The zero-order valence-corrected chi connectivity index (χ0v) is 17.0. The summed E-state index contributed by atoms with van der Waals surface area (Å²) in [5.74, 6) is 1.15. The Morgan fingerprint density at radius 2 is 2.10 bits per heavy atom. The number of ether oxygens (including phenoxy) is 1. The van der Waals surface area contributed by atoms with Crippen LogP contribution >= 0.6 is 11.8 Å². The molecule has 0 aliphatic carbocycles. The third kappa shape index (κ3) is 4.68. The van der Waals surface area contributed by atoms with E-state index in [1.165, 1.54) is 23.9 Å². The number of methoxy groups -OCH3 is 1. The summed E-state index contributed by atoms with van der Waals surface area (Å²) >= 11 is 1.41. The topological polar surface area (TPSA) is 58.2 Å². The molecule has 150 valence electrons. The highest BCUT2D eigenvalue weighted by atomic mass is 32.2. The predicted molar refractivity (Wildman–Crippen MR) is 112 cm³/mol. The van der Waals surface area contributed by atoms with E-state index in [1.807, 2.05) is 30.3 Å². The maximum Gasteiger partial charge on any atom is 0.256 e. The van der Waals surface area contributed by atoms with Crippen molar-refractivity contribution in [3.8, 4) is 5.75 Å². The molecule has 2 aromatic carbocycles. The minimum atomic E-state index is -0.259. The Labute approximate surface area is 172 Å². The van der Waals surface area contributed by atoms with Gasteiger partial charge >= 0.3 is 0 Å². The van der Waals surface area contributed by atoms with E-state index in [1.54, 1.807) is 13.2 Å². The van der Waals surface area contributed by atoms with Crippen LogP contribution in [0.5, 0.6) is 5.75 Å². The number of fused-ring (bicyclic) bond motifs is 1. The summed E-state index contributed by atoms with van der Waals surface area (Å²) in [6.45, 7) is 2.11. The van der Waals surface area contributed by atoms with E-state index in [4.69, 9.17) is 4.74 Å². The summed E-state index contributed by atoms with van der Waals surface area (Å²) in [5.41, 5.74) is 3.44. The molecule has 0 saturated heterocycles. The molecular weight excluding hydrogens is 389 g/mol. The van der Waals surface area contributed by atoms with E-state index in [0.717, 1.165) is 47.6 Å². The summed E-state index contributed by atoms with van der Waals surface area (Å²) in [5, 5.41) is 0.580. The molecule has 0 amide bonds. The van der Waals surface area contributed by atoms with Crippen LogP contribution in [0.1, 0.15) is 22.4 Å². The molecular formula is C22H22FN3O2S. The lowest BCUT2D eigenvalue weighted by atomic mass is 10.1. The number of H-pyrrole nitrogens is 1. The summed E-state index contributed by atoms with van der Waals surface area (Å²) in [7, 11) is 1.67. The van der Waals surface area contributed by atoms with Gasteiger partial charge in [-0.25, -0.2) is 9.37 Å². The van der Waals surface area contributed by atoms with Crippen LogP contribution in [0.2, 0.25) is 0 Å². The number of halogens is 1. The number of hydrogen-bond donors (Lipinski definition) is 1. The molecule has 29 heavy (non-hydrogen) atoms. The monoisotopic (exact) mass is 411 g/mol. The molecule has 2 heterocycles. The number of nitrogens with one attached hydrogen (secondary N) is 1. The van der Waals surface area contributed by atoms with Gasteiger partial charge < -0.3 is 9.72 Å². The fourth-order valence-corrected chi connectivity index (χ4v) is 4.34. The molecule has 1 aliphatic heterocycles. The van der Waals surface area contributed by atoms with Crippen LogP contribution in [-0.4, -0.2) is 28.5 Å². The highest BCUT2D eigenvalue weighted by Crippen LogP contribution is 2.24. The van der Waals surface area contributed by atoms with Gasteiger partial charge in [0.15, 0.2) is 5.16 Å². The fourth-order valence-electron chi connectivity index (χ4n) is 3.51. The van der Waals surface area contributed by atoms with Crippen LogP contribution in [0.4, 0.5) is 4.39 Å². The second kappa shape index (κ2) is 8.80. The maximum atomic E-state index is 13.3. The minimum absolute atomic E-state index is 0.0959. The molecule has 1 N–H and O–H groups in total. The summed E-state index contributed by atoms with van der Waals surface area (Å²) in [6, 6.07) is 14.4. The number of thioether (sulfide) groups is 1. The lowest BCUT2D eigenvalue weighted by Gasteiger charge is -2.28. The van der Waals surface area contributed by atoms with Crippen LogP contribution < -0.4 is 10.3 Å². The van der Waals surface area contributed by atoms with Crippen molar-refractivity contribution in [1.82, 2.24) is 14.9 Å². The van der Waals surface area contributed by atoms with Crippen molar-refractivity contribution < 1.29 is 9.13 Å². The molecule has 4 rings (SSSR count). The largest absolute Gasteiger partial charge is 0.496 e. The van der Waals surface area contributed by atoms with Crippen molar-refractivity contribution in [1.29, 1.82) is 0 Å². The van der Waals surface area contributed by atoms with E-state index in [2.05, 4.69) is 14.9 Å². The van der Waals surface area contributed by atoms with Crippen molar-refractivity contribution in [2.45, 2.75) is 30.4 Å². The van der Waals surface area contributed by atoms with Crippen molar-refractivity contribution in [3.63, 3.8) is 0 Å². The van der Waals surface area contributed by atoms with Gasteiger partial charge in [0.25, 0.3) is 5.56 Å². The molecule has 0 fully saturated rings. The second-order valence-electron chi connectivity index (χ2n) is 6.99. The van der Waals surface area contributed by atoms with Crippen molar-refractivity contribution >= 4 is 11.8 Å². The SMILES string of the molecule is COc1ccccc1CN1CCc2nc(SCc3cccc(F)c3)[nH]c(=O)c2C1. The Balaban J connectivity index is 1.46. The zero-order valence-electron chi connectivity index (χ0n) is 16.2. The Morgan fingerprint density at radius 1 is 1.24 bits per heavy atom. The Morgan fingerprint density at radius 3 is 2.93 bits per heavy atom. The molecule has 7 heteroatoms. The van der Waals surface area contributed by atoms with Gasteiger partial charge in [-0.1, -0.05) is 42.1 Å². The van der Waals surface area contributed by atoms with Gasteiger partial charge in [-0.15, -0.1) is 0 Å². The molecule has 3 aromatic rings. The van der Waals surface area contributed by atoms with Gasteiger partial charge in [0.05, 0.1) is 18.4 Å². The first-order chi connectivity index (χ1) is 14.1. The number of rotatable bonds is 6. The minimum Gasteiger partial charge on any atom is -0.496 e. The van der Waals surface area contributed by atoms with Gasteiger partial charge in [0, 0.05) is 37.4 Å². The Bertz CT molecular complexity index is 1070. The number of aromatic amines is 1. The predicted octanol–water partition coefficient (Wildman–Crippen LogP) is 3.77.